The van der Waals surface area contributed by atoms with E-state index in [0.717, 1.165) is 47.0 Å². The van der Waals surface area contributed by atoms with Gasteiger partial charge in [-0.3, -0.25) is 9.88 Å². The van der Waals surface area contributed by atoms with Gasteiger partial charge >= 0.3 is 0 Å². The second-order valence-electron chi connectivity index (χ2n) is 10.1. The first-order valence-corrected chi connectivity index (χ1v) is 15.0. The van der Waals surface area contributed by atoms with Gasteiger partial charge in [-0.1, -0.05) is 50.3 Å². The Kier molecular flexibility index (Phi) is 10.3. The predicted octanol–water partition coefficient (Wildman–Crippen LogP) is 6.76. The van der Waals surface area contributed by atoms with Gasteiger partial charge in [0.15, 0.2) is 0 Å². The summed E-state index contributed by atoms with van der Waals surface area (Å²) in [6.07, 6.45) is 14.8. The summed E-state index contributed by atoms with van der Waals surface area (Å²) in [6.45, 7) is 2.31. The largest absolute Gasteiger partial charge is 0.387 e. The molecule has 182 valence electrons. The number of thiol groups is 1. The van der Waals surface area contributed by atoms with Gasteiger partial charge in [0.1, 0.15) is 0 Å². The lowest BCUT2D eigenvalue weighted by atomic mass is 9.72. The molecule has 3 fully saturated rings. The van der Waals surface area contributed by atoms with E-state index in [1.807, 2.05) is 30.5 Å². The second kappa shape index (κ2) is 13.4. The molecule has 4 heterocycles. The van der Waals surface area contributed by atoms with Crippen LogP contribution >= 0.6 is 24.4 Å². The summed E-state index contributed by atoms with van der Waals surface area (Å²) in [7, 11) is 0. The number of pyridine rings is 1. The van der Waals surface area contributed by atoms with Crippen molar-refractivity contribution >= 4 is 35.3 Å². The molecule has 0 radical (unpaired) electrons. The maximum atomic E-state index is 11.4. The lowest BCUT2D eigenvalue weighted by Gasteiger charge is -2.51. The number of rotatable bonds is 14. The number of para-hydroxylation sites is 1. The Morgan fingerprint density at radius 3 is 2.61 bits per heavy atom. The van der Waals surface area contributed by atoms with Crippen LogP contribution in [0.25, 0.3) is 10.9 Å². The van der Waals surface area contributed by atoms with Crippen LogP contribution in [0, 0.1) is 11.8 Å². The number of piperidine rings is 3. The van der Waals surface area contributed by atoms with Crippen LogP contribution in [0.5, 0.6) is 0 Å². The molecule has 0 amide bonds. The van der Waals surface area contributed by atoms with E-state index >= 15 is 0 Å². The van der Waals surface area contributed by atoms with Gasteiger partial charge in [0.25, 0.3) is 0 Å². The molecule has 3 aliphatic heterocycles. The normalized spacial score (nSPS) is 25.5. The average Bonchev–Trinajstić information content (AvgIpc) is 2.87. The SMILES string of the molecule is O[C@@H](c1ccnc2ccccc12)[C@H]1C[C@@H]2CCN1C[C@@H]2CCSCCCCCCCCCS. The van der Waals surface area contributed by atoms with E-state index in [-0.39, 0.29) is 6.04 Å². The van der Waals surface area contributed by atoms with Gasteiger partial charge in [-0.2, -0.15) is 24.4 Å². The zero-order valence-corrected chi connectivity index (χ0v) is 21.8. The number of hydrogen-bond donors (Lipinski definition) is 2. The molecule has 2 bridgehead atoms. The van der Waals surface area contributed by atoms with E-state index in [1.54, 1.807) is 0 Å². The van der Waals surface area contributed by atoms with Crippen molar-refractivity contribution in [2.45, 2.75) is 76.4 Å². The third-order valence-corrected chi connectivity index (χ3v) is 9.30. The smallest absolute Gasteiger partial charge is 0.0952 e. The van der Waals surface area contributed by atoms with Crippen molar-refractivity contribution in [2.75, 3.05) is 30.3 Å². The Balaban J connectivity index is 1.17. The van der Waals surface area contributed by atoms with Crippen molar-refractivity contribution in [3.8, 4) is 0 Å². The first kappa shape index (κ1) is 25.3. The second-order valence-corrected chi connectivity index (χ2v) is 11.7. The predicted molar refractivity (Wildman–Crippen MR) is 146 cm³/mol. The van der Waals surface area contributed by atoms with Crippen molar-refractivity contribution in [2.24, 2.45) is 11.8 Å². The van der Waals surface area contributed by atoms with E-state index < -0.39 is 6.10 Å². The minimum atomic E-state index is -0.422. The van der Waals surface area contributed by atoms with Gasteiger partial charge in [0.2, 0.25) is 0 Å². The molecule has 1 unspecified atom stereocenters. The Bertz CT molecular complexity index is 842. The summed E-state index contributed by atoms with van der Waals surface area (Å²) in [4.78, 5) is 7.07. The third kappa shape index (κ3) is 6.90. The van der Waals surface area contributed by atoms with Gasteiger partial charge in [-0.05, 0) is 85.4 Å². The van der Waals surface area contributed by atoms with Crippen LogP contribution in [0.1, 0.15) is 75.9 Å². The maximum absolute atomic E-state index is 11.4. The maximum Gasteiger partial charge on any atom is 0.0952 e. The highest BCUT2D eigenvalue weighted by atomic mass is 32.2. The molecule has 1 aromatic carbocycles. The fraction of sp³-hybridized carbons (Fsp3) is 0.679. The van der Waals surface area contributed by atoms with Crippen LogP contribution in [0.3, 0.4) is 0 Å². The highest BCUT2D eigenvalue weighted by Crippen LogP contribution is 2.43. The number of unbranched alkanes of at least 4 members (excludes halogenated alkanes) is 6. The van der Waals surface area contributed by atoms with Gasteiger partial charge < -0.3 is 5.11 Å². The summed E-state index contributed by atoms with van der Waals surface area (Å²) < 4.78 is 0. The number of aromatic nitrogens is 1. The molecule has 2 aromatic rings. The molecular weight excluding hydrogens is 444 g/mol. The molecule has 0 aliphatic carbocycles. The highest BCUT2D eigenvalue weighted by Gasteiger charge is 2.42. The molecule has 5 heteroatoms. The van der Waals surface area contributed by atoms with E-state index in [1.165, 1.54) is 75.8 Å². The number of benzene rings is 1. The van der Waals surface area contributed by atoms with Gasteiger partial charge in [-0.15, -0.1) is 0 Å². The highest BCUT2D eigenvalue weighted by molar-refractivity contribution is 7.99. The van der Waals surface area contributed by atoms with E-state index in [0.29, 0.717) is 0 Å². The molecule has 3 aliphatic rings. The van der Waals surface area contributed by atoms with Crippen molar-refractivity contribution in [1.29, 1.82) is 0 Å². The quantitative estimate of drug-likeness (QED) is 0.228. The number of aliphatic hydroxyl groups is 1. The van der Waals surface area contributed by atoms with Crippen molar-refractivity contribution in [3.63, 3.8) is 0 Å². The summed E-state index contributed by atoms with van der Waals surface area (Å²) in [5.74, 6) is 5.27. The van der Waals surface area contributed by atoms with Crippen LogP contribution < -0.4 is 0 Å². The number of fused-ring (bicyclic) bond motifs is 4. The number of thioether (sulfide) groups is 1. The zero-order chi connectivity index (χ0) is 22.9. The number of nitrogens with zero attached hydrogens (tertiary/aromatic N) is 2. The Morgan fingerprint density at radius 2 is 1.82 bits per heavy atom. The first-order valence-electron chi connectivity index (χ1n) is 13.2. The molecular formula is C28H42N2OS2. The number of hydrogen-bond acceptors (Lipinski definition) is 5. The molecule has 5 rings (SSSR count). The lowest BCUT2D eigenvalue weighted by molar-refractivity contribution is -0.0559. The molecule has 0 saturated carbocycles. The minimum absolute atomic E-state index is 0.256. The minimum Gasteiger partial charge on any atom is -0.387 e. The van der Waals surface area contributed by atoms with Crippen LogP contribution in [-0.4, -0.2) is 51.4 Å². The molecule has 33 heavy (non-hydrogen) atoms. The Hall–Kier alpha value is -0.750. The van der Waals surface area contributed by atoms with E-state index in [4.69, 9.17) is 0 Å². The van der Waals surface area contributed by atoms with Crippen LogP contribution in [-0.2, 0) is 0 Å². The van der Waals surface area contributed by atoms with E-state index in [2.05, 4.69) is 40.3 Å². The van der Waals surface area contributed by atoms with Crippen molar-refractivity contribution in [1.82, 2.24) is 9.88 Å². The van der Waals surface area contributed by atoms with Crippen LogP contribution in [0.2, 0.25) is 0 Å². The monoisotopic (exact) mass is 486 g/mol. The summed E-state index contributed by atoms with van der Waals surface area (Å²) >= 11 is 6.45. The topological polar surface area (TPSA) is 36.4 Å². The zero-order valence-electron chi connectivity index (χ0n) is 20.1. The molecule has 1 aromatic heterocycles. The molecule has 5 atom stereocenters. The molecule has 3 nitrogen and oxygen atoms in total. The van der Waals surface area contributed by atoms with Crippen LogP contribution in [0.4, 0.5) is 0 Å². The third-order valence-electron chi connectivity index (χ3n) is 7.88. The number of aliphatic hydroxyl groups excluding tert-OH is 1. The fourth-order valence-corrected chi connectivity index (χ4v) is 7.26. The Morgan fingerprint density at radius 1 is 1.03 bits per heavy atom. The van der Waals surface area contributed by atoms with Crippen molar-refractivity contribution < 1.29 is 5.11 Å². The van der Waals surface area contributed by atoms with Gasteiger partial charge in [-0.25, -0.2) is 0 Å². The lowest BCUT2D eigenvalue weighted by Crippen LogP contribution is -2.55. The molecule has 1 N–H and O–H groups in total. The van der Waals surface area contributed by atoms with Crippen LogP contribution in [0.15, 0.2) is 36.5 Å². The average molecular weight is 487 g/mol. The first-order chi connectivity index (χ1) is 16.3. The van der Waals surface area contributed by atoms with Gasteiger partial charge in [0.05, 0.1) is 11.6 Å². The standard InChI is InChI=1S/C28H42N2OS2/c31-28(25-12-15-29-26-11-7-6-10-24(25)26)27-20-22-13-16-30(27)21-23(22)14-19-33-18-9-5-3-1-2-4-8-17-32/h6-7,10-12,15,22-23,27-28,31-32H,1-5,8-9,13-14,16-21H2/t22-,23-,27+,28-/m0/s1. The van der Waals surface area contributed by atoms with E-state index in [9.17, 15) is 5.11 Å². The molecule has 0 spiro atoms. The Labute approximate surface area is 210 Å². The summed E-state index contributed by atoms with van der Waals surface area (Å²) in [5, 5.41) is 12.4. The summed E-state index contributed by atoms with van der Waals surface area (Å²) in [6, 6.07) is 10.5. The fourth-order valence-electron chi connectivity index (χ4n) is 5.96. The molecule has 3 saturated heterocycles. The summed E-state index contributed by atoms with van der Waals surface area (Å²) in [5.41, 5.74) is 2.03. The van der Waals surface area contributed by atoms with Crippen molar-refractivity contribution in [3.05, 3.63) is 42.1 Å². The van der Waals surface area contributed by atoms with Gasteiger partial charge in [0, 0.05) is 24.2 Å².